The first-order valence-electron chi connectivity index (χ1n) is 9.50. The van der Waals surface area contributed by atoms with E-state index in [0.717, 1.165) is 28.4 Å². The van der Waals surface area contributed by atoms with Crippen molar-refractivity contribution in [1.82, 2.24) is 4.57 Å². The predicted octanol–water partition coefficient (Wildman–Crippen LogP) is 4.61. The van der Waals surface area contributed by atoms with Gasteiger partial charge in [-0.15, -0.1) is 0 Å². The second-order valence-electron chi connectivity index (χ2n) is 7.01. The molecule has 2 heterocycles. The number of ether oxygens (including phenoxy) is 1. The molecule has 0 aliphatic carbocycles. The molecule has 0 saturated carbocycles. The average Bonchev–Trinajstić information content (AvgIpc) is 3.20. The first kappa shape index (κ1) is 20.0. The number of esters is 1. The van der Waals surface area contributed by atoms with Gasteiger partial charge in [-0.3, -0.25) is 4.72 Å². The van der Waals surface area contributed by atoms with Gasteiger partial charge in [0, 0.05) is 34.0 Å². The molecule has 0 saturated heterocycles. The summed E-state index contributed by atoms with van der Waals surface area (Å²) in [5, 5.41) is 1.99. The minimum absolute atomic E-state index is 0.0915. The lowest BCUT2D eigenvalue weighted by Gasteiger charge is -2.10. The SMILES string of the molecule is CCn1c2ccccc2c2cc(NS(=O)(=O)c3c(C)oc(C)c3C(=O)OC)ccc21. The van der Waals surface area contributed by atoms with E-state index in [4.69, 9.17) is 9.15 Å². The van der Waals surface area contributed by atoms with Gasteiger partial charge in [0.25, 0.3) is 10.0 Å². The molecule has 4 rings (SSSR count). The summed E-state index contributed by atoms with van der Waals surface area (Å²) in [6, 6.07) is 13.4. The van der Waals surface area contributed by atoms with Gasteiger partial charge in [-0.05, 0) is 45.0 Å². The average molecular weight is 426 g/mol. The van der Waals surface area contributed by atoms with Crippen molar-refractivity contribution in [1.29, 1.82) is 0 Å². The summed E-state index contributed by atoms with van der Waals surface area (Å²) >= 11 is 0. The van der Waals surface area contributed by atoms with Crippen LogP contribution in [0.5, 0.6) is 0 Å². The van der Waals surface area contributed by atoms with E-state index in [1.165, 1.54) is 21.0 Å². The maximum atomic E-state index is 13.2. The Kier molecular flexibility index (Phi) is 4.82. The van der Waals surface area contributed by atoms with Crippen molar-refractivity contribution < 1.29 is 22.4 Å². The zero-order valence-corrected chi connectivity index (χ0v) is 18.0. The molecule has 0 spiro atoms. The lowest BCUT2D eigenvalue weighted by atomic mass is 10.1. The number of furan rings is 1. The van der Waals surface area contributed by atoms with Gasteiger partial charge >= 0.3 is 5.97 Å². The van der Waals surface area contributed by atoms with Crippen molar-refractivity contribution in [3.8, 4) is 0 Å². The summed E-state index contributed by atoms with van der Waals surface area (Å²) in [6.45, 7) is 5.90. The molecule has 7 nitrogen and oxygen atoms in total. The molecule has 8 heteroatoms. The van der Waals surface area contributed by atoms with E-state index >= 15 is 0 Å². The number of carbonyl (C=O) groups is 1. The second kappa shape index (κ2) is 7.21. The van der Waals surface area contributed by atoms with Crippen LogP contribution in [0.3, 0.4) is 0 Å². The highest BCUT2D eigenvalue weighted by molar-refractivity contribution is 7.92. The number of aryl methyl sites for hydroxylation is 3. The molecule has 156 valence electrons. The molecule has 1 N–H and O–H groups in total. The maximum absolute atomic E-state index is 13.2. The minimum atomic E-state index is -4.08. The number of sulfonamides is 1. The van der Waals surface area contributed by atoms with Gasteiger partial charge in [-0.25, -0.2) is 13.2 Å². The van der Waals surface area contributed by atoms with Crippen LogP contribution in [0.4, 0.5) is 5.69 Å². The number of hydrogen-bond acceptors (Lipinski definition) is 5. The van der Waals surface area contributed by atoms with Crippen molar-refractivity contribution in [2.75, 3.05) is 11.8 Å². The molecule has 0 aliphatic rings. The fraction of sp³-hybridized carbons (Fsp3) is 0.227. The summed E-state index contributed by atoms with van der Waals surface area (Å²) in [4.78, 5) is 11.9. The zero-order valence-electron chi connectivity index (χ0n) is 17.1. The number of hydrogen-bond donors (Lipinski definition) is 1. The number of benzene rings is 2. The summed E-state index contributed by atoms with van der Waals surface area (Å²) < 4.78 is 41.2. The monoisotopic (exact) mass is 426 g/mol. The lowest BCUT2D eigenvalue weighted by Crippen LogP contribution is -2.17. The number of aromatic nitrogens is 1. The van der Waals surface area contributed by atoms with E-state index in [2.05, 4.69) is 16.2 Å². The van der Waals surface area contributed by atoms with Crippen LogP contribution >= 0.6 is 0 Å². The van der Waals surface area contributed by atoms with E-state index < -0.39 is 16.0 Å². The Hall–Kier alpha value is -3.26. The van der Waals surface area contributed by atoms with Crippen LogP contribution in [0.15, 0.2) is 51.8 Å². The Bertz CT molecular complexity index is 1400. The van der Waals surface area contributed by atoms with E-state index in [9.17, 15) is 13.2 Å². The highest BCUT2D eigenvalue weighted by atomic mass is 32.2. The number of nitrogens with zero attached hydrogens (tertiary/aromatic N) is 1. The summed E-state index contributed by atoms with van der Waals surface area (Å²) in [7, 11) is -2.88. The van der Waals surface area contributed by atoms with E-state index in [-0.39, 0.29) is 22.0 Å². The maximum Gasteiger partial charge on any atom is 0.342 e. The fourth-order valence-electron chi connectivity index (χ4n) is 3.99. The molecular formula is C22H22N2O5S. The third kappa shape index (κ3) is 3.04. The standard InChI is InChI=1S/C22H22N2O5S/c1-5-24-18-9-7-6-8-16(18)17-12-15(10-11-19(17)24)23-30(26,27)21-14(3)29-13(2)20(21)22(25)28-4/h6-12,23H,5H2,1-4H3. The smallest absolute Gasteiger partial charge is 0.342 e. The summed E-state index contributed by atoms with van der Waals surface area (Å²) in [5.41, 5.74) is 2.42. The van der Waals surface area contributed by atoms with Crippen LogP contribution in [-0.2, 0) is 21.3 Å². The highest BCUT2D eigenvalue weighted by Gasteiger charge is 2.31. The number of methoxy groups -OCH3 is 1. The van der Waals surface area contributed by atoms with Gasteiger partial charge in [0.2, 0.25) is 0 Å². The van der Waals surface area contributed by atoms with Gasteiger partial charge in [-0.1, -0.05) is 18.2 Å². The van der Waals surface area contributed by atoms with E-state index in [1.54, 1.807) is 6.07 Å². The van der Waals surface area contributed by atoms with Gasteiger partial charge in [-0.2, -0.15) is 0 Å². The molecule has 0 amide bonds. The van der Waals surface area contributed by atoms with Gasteiger partial charge in [0.05, 0.1) is 7.11 Å². The van der Waals surface area contributed by atoms with Crippen molar-refractivity contribution in [2.24, 2.45) is 0 Å². The summed E-state index contributed by atoms with van der Waals surface area (Å²) in [5.74, 6) is -0.434. The fourth-order valence-corrected chi connectivity index (χ4v) is 5.44. The molecule has 2 aromatic heterocycles. The van der Waals surface area contributed by atoms with E-state index in [0.29, 0.717) is 5.69 Å². The Morgan fingerprint density at radius 1 is 1.07 bits per heavy atom. The number of para-hydroxylation sites is 1. The Morgan fingerprint density at radius 3 is 2.47 bits per heavy atom. The van der Waals surface area contributed by atoms with Crippen LogP contribution in [0, 0.1) is 13.8 Å². The van der Waals surface area contributed by atoms with Crippen LogP contribution in [0.2, 0.25) is 0 Å². The van der Waals surface area contributed by atoms with Gasteiger partial charge in [0.1, 0.15) is 22.0 Å². The topological polar surface area (TPSA) is 90.5 Å². The largest absolute Gasteiger partial charge is 0.465 e. The number of nitrogens with one attached hydrogen (secondary N) is 1. The quantitative estimate of drug-likeness (QED) is 0.471. The predicted molar refractivity (Wildman–Crippen MR) is 115 cm³/mol. The Labute approximate surface area is 174 Å². The van der Waals surface area contributed by atoms with Crippen molar-refractivity contribution >= 4 is 43.5 Å². The summed E-state index contributed by atoms with van der Waals surface area (Å²) in [6.07, 6.45) is 0. The van der Waals surface area contributed by atoms with E-state index in [1.807, 2.05) is 36.4 Å². The molecule has 30 heavy (non-hydrogen) atoms. The van der Waals surface area contributed by atoms with Gasteiger partial charge < -0.3 is 13.7 Å². The number of rotatable bonds is 5. The number of fused-ring (bicyclic) bond motifs is 3. The third-order valence-electron chi connectivity index (χ3n) is 5.20. The molecule has 0 unspecified atom stereocenters. The van der Waals surface area contributed by atoms with Crippen LogP contribution in [0.25, 0.3) is 21.8 Å². The molecule has 4 aromatic rings. The van der Waals surface area contributed by atoms with Gasteiger partial charge in [0.15, 0.2) is 0 Å². The van der Waals surface area contributed by atoms with Crippen LogP contribution in [0.1, 0.15) is 28.8 Å². The molecule has 2 aromatic carbocycles. The molecular weight excluding hydrogens is 404 g/mol. The first-order valence-corrected chi connectivity index (χ1v) is 11.0. The molecule has 0 fully saturated rings. The Balaban J connectivity index is 1.84. The normalized spacial score (nSPS) is 11.9. The highest BCUT2D eigenvalue weighted by Crippen LogP contribution is 2.33. The first-order chi connectivity index (χ1) is 14.3. The molecule has 0 radical (unpaired) electrons. The number of anilines is 1. The lowest BCUT2D eigenvalue weighted by molar-refractivity contribution is 0.0595. The van der Waals surface area contributed by atoms with Crippen LogP contribution < -0.4 is 4.72 Å². The molecule has 0 bridgehead atoms. The van der Waals surface area contributed by atoms with Crippen molar-refractivity contribution in [2.45, 2.75) is 32.2 Å². The third-order valence-corrected chi connectivity index (χ3v) is 6.74. The minimum Gasteiger partial charge on any atom is -0.465 e. The molecule has 0 aliphatic heterocycles. The van der Waals surface area contributed by atoms with Crippen LogP contribution in [-0.4, -0.2) is 26.1 Å². The molecule has 0 atom stereocenters. The number of carbonyl (C=O) groups excluding carboxylic acids is 1. The Morgan fingerprint density at radius 2 is 1.77 bits per heavy atom. The zero-order chi connectivity index (χ0) is 21.6. The van der Waals surface area contributed by atoms with Crippen molar-refractivity contribution in [3.05, 3.63) is 59.5 Å². The second-order valence-corrected chi connectivity index (χ2v) is 8.63. The van der Waals surface area contributed by atoms with Crippen molar-refractivity contribution in [3.63, 3.8) is 0 Å².